The number of piperidine rings is 1. The highest BCUT2D eigenvalue weighted by Crippen LogP contribution is 2.36. The van der Waals surface area contributed by atoms with Crippen LogP contribution >= 0.6 is 34.5 Å². The number of nitrogens with zero attached hydrogens (tertiary/aromatic N) is 2. The Morgan fingerprint density at radius 3 is 2.15 bits per heavy atom. The Morgan fingerprint density at radius 1 is 1.00 bits per heavy atom. The highest BCUT2D eigenvalue weighted by molar-refractivity contribution is 7.90. The average Bonchev–Trinajstić information content (AvgIpc) is 3.21. The number of amides is 1. The van der Waals surface area contributed by atoms with Gasteiger partial charge >= 0.3 is 0 Å². The third kappa shape index (κ3) is 5.03. The van der Waals surface area contributed by atoms with E-state index in [1.165, 1.54) is 39.9 Å². The Bertz CT molecular complexity index is 1390. The monoisotopic (exact) mass is 547 g/mol. The van der Waals surface area contributed by atoms with Crippen LogP contribution in [0.15, 0.2) is 46.2 Å². The van der Waals surface area contributed by atoms with Gasteiger partial charge in [0.25, 0.3) is 0 Å². The lowest BCUT2D eigenvalue weighted by atomic mass is 9.97. The van der Waals surface area contributed by atoms with Crippen LogP contribution in [0.3, 0.4) is 0 Å². The van der Waals surface area contributed by atoms with Gasteiger partial charge < -0.3 is 5.32 Å². The minimum Gasteiger partial charge on any atom is -0.302 e. The molecule has 0 bridgehead atoms. The van der Waals surface area contributed by atoms with Crippen molar-refractivity contribution in [1.82, 2.24) is 9.29 Å². The van der Waals surface area contributed by atoms with Gasteiger partial charge in [-0.15, -0.1) is 0 Å². The molecule has 1 N–H and O–H groups in total. The van der Waals surface area contributed by atoms with Crippen molar-refractivity contribution in [3.05, 3.63) is 46.4 Å². The molecule has 33 heavy (non-hydrogen) atoms. The fourth-order valence-electron chi connectivity index (χ4n) is 3.57. The molecule has 2 aromatic carbocycles. The van der Waals surface area contributed by atoms with Gasteiger partial charge in [-0.3, -0.25) is 4.79 Å². The number of benzene rings is 2. The van der Waals surface area contributed by atoms with Crippen molar-refractivity contribution in [3.63, 3.8) is 0 Å². The molecule has 0 atom stereocenters. The molecule has 0 saturated carbocycles. The number of aromatic nitrogens is 1. The van der Waals surface area contributed by atoms with E-state index in [1.54, 1.807) is 12.1 Å². The standard InChI is InChI=1S/C20H19Cl2N3O5S3/c1-32(27,28)13-2-4-14(5-3-13)33(29,30)25-10-8-12(9-11-25)19(26)24-20-23-17-15(21)6-7-16(22)18(17)31-20/h2-7,12H,8-11H2,1H3,(H,23,24,26). The second-order valence-electron chi connectivity index (χ2n) is 7.64. The summed E-state index contributed by atoms with van der Waals surface area (Å²) in [5.41, 5.74) is 0.521. The average molecular weight is 548 g/mol. The summed E-state index contributed by atoms with van der Waals surface area (Å²) in [4.78, 5) is 17.1. The van der Waals surface area contributed by atoms with Crippen LogP contribution in [0.2, 0.25) is 10.0 Å². The van der Waals surface area contributed by atoms with Crippen molar-refractivity contribution in [1.29, 1.82) is 0 Å². The number of thiazole rings is 1. The molecule has 1 aliphatic heterocycles. The van der Waals surface area contributed by atoms with Crippen LogP contribution < -0.4 is 5.32 Å². The molecule has 1 aromatic heterocycles. The number of halogens is 2. The maximum atomic E-state index is 12.9. The molecule has 0 spiro atoms. The first-order valence-electron chi connectivity index (χ1n) is 9.82. The summed E-state index contributed by atoms with van der Waals surface area (Å²) in [7, 11) is -7.21. The van der Waals surface area contributed by atoms with E-state index in [0.717, 1.165) is 6.26 Å². The molecule has 1 saturated heterocycles. The predicted molar refractivity (Wildman–Crippen MR) is 129 cm³/mol. The molecular formula is C20H19Cl2N3O5S3. The van der Waals surface area contributed by atoms with Crippen LogP contribution in [-0.2, 0) is 24.7 Å². The van der Waals surface area contributed by atoms with Gasteiger partial charge in [0.15, 0.2) is 15.0 Å². The van der Waals surface area contributed by atoms with Crippen molar-refractivity contribution in [2.24, 2.45) is 5.92 Å². The van der Waals surface area contributed by atoms with Gasteiger partial charge in [0, 0.05) is 25.3 Å². The third-order valence-corrected chi connectivity index (χ3v) is 10.2. The van der Waals surface area contributed by atoms with Crippen LogP contribution in [0.25, 0.3) is 10.2 Å². The number of anilines is 1. The Labute approximate surface area is 205 Å². The van der Waals surface area contributed by atoms with Crippen molar-refractivity contribution in [3.8, 4) is 0 Å². The number of carbonyl (C=O) groups excluding carboxylic acids is 1. The van der Waals surface area contributed by atoms with E-state index in [1.807, 2.05) is 0 Å². The normalized spacial score (nSPS) is 16.2. The van der Waals surface area contributed by atoms with E-state index in [-0.39, 0.29) is 34.7 Å². The highest BCUT2D eigenvalue weighted by atomic mass is 35.5. The number of sulfone groups is 1. The molecule has 1 amide bonds. The molecule has 3 aromatic rings. The Hall–Kier alpha value is -1.76. The van der Waals surface area contributed by atoms with Crippen LogP contribution in [-0.4, -0.2) is 51.4 Å². The van der Waals surface area contributed by atoms with Crippen LogP contribution in [0.1, 0.15) is 12.8 Å². The summed E-state index contributed by atoms with van der Waals surface area (Å²) in [5, 5.41) is 4.10. The maximum absolute atomic E-state index is 12.9. The number of nitrogens with one attached hydrogen (secondary N) is 1. The van der Waals surface area contributed by atoms with Gasteiger partial charge in [-0.25, -0.2) is 21.8 Å². The fourth-order valence-corrected chi connectivity index (χ4v) is 7.10. The van der Waals surface area contributed by atoms with E-state index < -0.39 is 19.9 Å². The first-order chi connectivity index (χ1) is 15.5. The summed E-state index contributed by atoms with van der Waals surface area (Å²) in [6, 6.07) is 8.43. The number of carbonyl (C=O) groups is 1. The Kier molecular flexibility index (Phi) is 6.74. The smallest absolute Gasteiger partial charge is 0.243 e. The third-order valence-electron chi connectivity index (χ3n) is 5.39. The van der Waals surface area contributed by atoms with Gasteiger partial charge in [-0.2, -0.15) is 4.31 Å². The van der Waals surface area contributed by atoms with Crippen molar-refractivity contribution >= 4 is 75.7 Å². The van der Waals surface area contributed by atoms with Crippen LogP contribution in [0.4, 0.5) is 5.13 Å². The van der Waals surface area contributed by atoms with Crippen LogP contribution in [0, 0.1) is 5.92 Å². The van der Waals surface area contributed by atoms with Gasteiger partial charge in [0.05, 0.1) is 24.5 Å². The van der Waals surface area contributed by atoms with Crippen molar-refractivity contribution in [2.75, 3.05) is 24.7 Å². The molecule has 1 aliphatic rings. The highest BCUT2D eigenvalue weighted by Gasteiger charge is 2.32. The lowest BCUT2D eigenvalue weighted by Gasteiger charge is -2.30. The molecule has 1 fully saturated rings. The summed E-state index contributed by atoms with van der Waals surface area (Å²) in [6.07, 6.45) is 1.75. The van der Waals surface area contributed by atoms with Crippen molar-refractivity contribution in [2.45, 2.75) is 22.6 Å². The largest absolute Gasteiger partial charge is 0.302 e. The maximum Gasteiger partial charge on any atom is 0.243 e. The van der Waals surface area contributed by atoms with Gasteiger partial charge in [-0.05, 0) is 49.2 Å². The predicted octanol–water partition coefficient (Wildman–Crippen LogP) is 4.05. The van der Waals surface area contributed by atoms with Gasteiger partial charge in [-0.1, -0.05) is 34.5 Å². The minimum atomic E-state index is -3.79. The topological polar surface area (TPSA) is 114 Å². The number of hydrogen-bond donors (Lipinski definition) is 1. The van der Waals surface area contributed by atoms with E-state index in [4.69, 9.17) is 23.2 Å². The lowest BCUT2D eigenvalue weighted by Crippen LogP contribution is -2.41. The summed E-state index contributed by atoms with van der Waals surface area (Å²) in [5.74, 6) is -0.613. The molecule has 13 heteroatoms. The molecule has 0 unspecified atom stereocenters. The first kappa shape index (κ1) is 24.4. The second kappa shape index (κ2) is 9.12. The SMILES string of the molecule is CS(=O)(=O)c1ccc(S(=O)(=O)N2CCC(C(=O)Nc3nc4c(Cl)ccc(Cl)c4s3)CC2)cc1. The van der Waals surface area contributed by atoms with Gasteiger partial charge in [0.1, 0.15) is 5.52 Å². The molecular weight excluding hydrogens is 529 g/mol. The van der Waals surface area contributed by atoms with E-state index in [0.29, 0.717) is 38.2 Å². The number of sulfonamides is 1. The molecule has 176 valence electrons. The zero-order valence-corrected chi connectivity index (χ0v) is 21.2. The zero-order chi connectivity index (χ0) is 24.0. The van der Waals surface area contributed by atoms with Gasteiger partial charge in [0.2, 0.25) is 15.9 Å². The Balaban J connectivity index is 1.41. The molecule has 2 heterocycles. The van der Waals surface area contributed by atoms with E-state index in [2.05, 4.69) is 10.3 Å². The van der Waals surface area contributed by atoms with E-state index >= 15 is 0 Å². The molecule has 0 aliphatic carbocycles. The quantitative estimate of drug-likeness (QED) is 0.515. The summed E-state index contributed by atoms with van der Waals surface area (Å²) in [6.45, 7) is 0.345. The molecule has 4 rings (SSSR count). The summed E-state index contributed by atoms with van der Waals surface area (Å²) >= 11 is 13.5. The molecule has 8 nitrogen and oxygen atoms in total. The lowest BCUT2D eigenvalue weighted by molar-refractivity contribution is -0.120. The van der Waals surface area contributed by atoms with Crippen LogP contribution in [0.5, 0.6) is 0 Å². The minimum absolute atomic E-state index is 0.0148. The fraction of sp³-hybridized carbons (Fsp3) is 0.300. The van der Waals surface area contributed by atoms with Crippen molar-refractivity contribution < 1.29 is 21.6 Å². The zero-order valence-electron chi connectivity index (χ0n) is 17.3. The second-order valence-corrected chi connectivity index (χ2v) is 13.4. The van der Waals surface area contributed by atoms with E-state index in [9.17, 15) is 21.6 Å². The first-order valence-corrected chi connectivity index (χ1v) is 14.7. The molecule has 0 radical (unpaired) electrons. The Morgan fingerprint density at radius 2 is 1.58 bits per heavy atom. The number of hydrogen-bond acceptors (Lipinski definition) is 7. The number of rotatable bonds is 5. The summed E-state index contributed by atoms with van der Waals surface area (Å²) < 4.78 is 51.0. The number of fused-ring (bicyclic) bond motifs is 1.